The number of aliphatic hydroxyl groups is 1. The molecule has 0 saturated carbocycles. The van der Waals surface area contributed by atoms with Crippen LogP contribution in [0.3, 0.4) is 0 Å². The monoisotopic (exact) mass is 469 g/mol. The van der Waals surface area contributed by atoms with Gasteiger partial charge in [-0.1, -0.05) is 29.8 Å². The van der Waals surface area contributed by atoms with Gasteiger partial charge >= 0.3 is 0 Å². The third-order valence-corrected chi connectivity index (χ3v) is 6.46. The number of ketones is 1. The fourth-order valence-corrected chi connectivity index (χ4v) is 4.68. The van der Waals surface area contributed by atoms with Crippen LogP contribution in [0.15, 0.2) is 65.6 Å². The topological polar surface area (TPSA) is 76.1 Å². The van der Waals surface area contributed by atoms with Gasteiger partial charge in [0.2, 0.25) is 0 Å². The summed E-state index contributed by atoms with van der Waals surface area (Å²) in [6.07, 6.45) is 0. The highest BCUT2D eigenvalue weighted by Gasteiger charge is 2.46. The van der Waals surface area contributed by atoms with Crippen molar-refractivity contribution < 1.29 is 24.2 Å². The summed E-state index contributed by atoms with van der Waals surface area (Å²) in [5.41, 5.74) is 1.02. The van der Waals surface area contributed by atoms with Crippen LogP contribution >= 0.6 is 22.9 Å². The highest BCUT2D eigenvalue weighted by Crippen LogP contribution is 2.41. The number of thiophene rings is 1. The Balaban J connectivity index is 1.85. The van der Waals surface area contributed by atoms with Crippen molar-refractivity contribution in [3.63, 3.8) is 0 Å². The van der Waals surface area contributed by atoms with E-state index in [1.54, 1.807) is 43.5 Å². The molecule has 0 radical (unpaired) electrons. The molecule has 1 N–H and O–H groups in total. The van der Waals surface area contributed by atoms with Gasteiger partial charge in [0.25, 0.3) is 11.7 Å². The van der Waals surface area contributed by atoms with Crippen molar-refractivity contribution >= 4 is 40.4 Å². The molecule has 1 fully saturated rings. The van der Waals surface area contributed by atoms with Gasteiger partial charge < -0.3 is 19.5 Å². The summed E-state index contributed by atoms with van der Waals surface area (Å²) in [5.74, 6) is -0.617. The number of carbonyl (C=O) groups is 2. The van der Waals surface area contributed by atoms with Crippen molar-refractivity contribution in [1.82, 2.24) is 4.90 Å². The van der Waals surface area contributed by atoms with E-state index in [4.69, 9.17) is 21.1 Å². The number of hydrogen-bond donors (Lipinski definition) is 1. The van der Waals surface area contributed by atoms with Gasteiger partial charge in [-0.2, -0.15) is 0 Å². The highest BCUT2D eigenvalue weighted by molar-refractivity contribution is 7.09. The molecule has 3 aromatic rings. The number of likely N-dealkylation sites (tertiary alicyclic amines) is 1. The van der Waals surface area contributed by atoms with E-state index in [0.717, 1.165) is 4.88 Å². The van der Waals surface area contributed by atoms with Crippen molar-refractivity contribution in [2.24, 2.45) is 0 Å². The molecular formula is C24H20ClNO5S. The molecule has 1 amide bonds. The molecule has 2 aromatic carbocycles. The second-order valence-corrected chi connectivity index (χ2v) is 8.57. The van der Waals surface area contributed by atoms with E-state index >= 15 is 0 Å². The second-order valence-electron chi connectivity index (χ2n) is 7.13. The molecule has 0 spiro atoms. The first kappa shape index (κ1) is 21.9. The second kappa shape index (κ2) is 9.06. The predicted octanol–water partition coefficient (Wildman–Crippen LogP) is 5.04. The number of carbonyl (C=O) groups excluding carboxylic acids is 2. The first-order chi connectivity index (χ1) is 15.4. The molecule has 6 nitrogen and oxygen atoms in total. The molecule has 1 unspecified atom stereocenters. The maximum Gasteiger partial charge on any atom is 0.295 e. The molecule has 8 heteroatoms. The molecule has 1 aliphatic heterocycles. The van der Waals surface area contributed by atoms with Crippen molar-refractivity contribution in [3.05, 3.63) is 86.6 Å². The van der Waals surface area contributed by atoms with E-state index in [0.29, 0.717) is 22.6 Å². The highest BCUT2D eigenvalue weighted by atomic mass is 35.5. The van der Waals surface area contributed by atoms with Crippen molar-refractivity contribution in [1.29, 1.82) is 0 Å². The molecule has 1 atom stereocenters. The lowest BCUT2D eigenvalue weighted by molar-refractivity contribution is -0.140. The lowest BCUT2D eigenvalue weighted by Crippen LogP contribution is -2.28. The number of ether oxygens (including phenoxy) is 2. The lowest BCUT2D eigenvalue weighted by Gasteiger charge is -2.25. The molecule has 2 heterocycles. The summed E-state index contributed by atoms with van der Waals surface area (Å²) < 4.78 is 10.4. The zero-order valence-electron chi connectivity index (χ0n) is 17.4. The molecule has 1 saturated heterocycles. The Kier molecular flexibility index (Phi) is 6.21. The number of aliphatic hydroxyl groups excluding tert-OH is 1. The maximum absolute atomic E-state index is 13.1. The van der Waals surface area contributed by atoms with E-state index in [2.05, 4.69) is 0 Å². The number of nitrogens with zero attached hydrogens (tertiary/aromatic N) is 1. The Morgan fingerprint density at radius 3 is 2.44 bits per heavy atom. The Morgan fingerprint density at radius 1 is 1.09 bits per heavy atom. The lowest BCUT2D eigenvalue weighted by atomic mass is 9.95. The zero-order chi connectivity index (χ0) is 22.8. The average Bonchev–Trinajstić information content (AvgIpc) is 3.41. The fourth-order valence-electron chi connectivity index (χ4n) is 3.72. The van der Waals surface area contributed by atoms with Gasteiger partial charge in [-0.3, -0.25) is 9.59 Å². The minimum atomic E-state index is -0.760. The van der Waals surface area contributed by atoms with Gasteiger partial charge in [-0.15, -0.1) is 11.3 Å². The number of methoxy groups -OCH3 is 2. The number of Topliss-reactive ketones (excluding diaryl/α,β-unsaturated/α-hetero) is 1. The minimum absolute atomic E-state index is 0.0120. The summed E-state index contributed by atoms with van der Waals surface area (Å²) in [4.78, 5) is 28.5. The van der Waals surface area contributed by atoms with E-state index in [9.17, 15) is 14.7 Å². The normalized spacial score (nSPS) is 17.6. The quantitative estimate of drug-likeness (QED) is 0.311. The van der Waals surface area contributed by atoms with Gasteiger partial charge in [-0.05, 0) is 47.3 Å². The number of benzene rings is 2. The van der Waals surface area contributed by atoms with Crippen molar-refractivity contribution in [2.45, 2.75) is 12.6 Å². The van der Waals surface area contributed by atoms with E-state index in [-0.39, 0.29) is 22.9 Å². The van der Waals surface area contributed by atoms with Gasteiger partial charge in [0.15, 0.2) is 0 Å². The number of hydrogen-bond acceptors (Lipinski definition) is 6. The summed E-state index contributed by atoms with van der Waals surface area (Å²) >= 11 is 7.72. The summed E-state index contributed by atoms with van der Waals surface area (Å²) in [7, 11) is 3.05. The molecule has 1 aromatic heterocycles. The van der Waals surface area contributed by atoms with E-state index in [1.807, 2.05) is 17.5 Å². The van der Waals surface area contributed by atoms with Crippen LogP contribution in [0.2, 0.25) is 5.02 Å². The molecule has 1 aliphatic rings. The zero-order valence-corrected chi connectivity index (χ0v) is 18.9. The van der Waals surface area contributed by atoms with Gasteiger partial charge in [0.1, 0.15) is 17.3 Å². The third-order valence-electron chi connectivity index (χ3n) is 5.30. The smallest absolute Gasteiger partial charge is 0.295 e. The SMILES string of the molecule is COc1ccc(C2/C(=C(/O)c3ccc(OC)c(Cl)c3)C(=O)C(=O)N2Cc2cccs2)cc1. The van der Waals surface area contributed by atoms with Crippen LogP contribution in [0.5, 0.6) is 11.5 Å². The molecular weight excluding hydrogens is 450 g/mol. The Bertz CT molecular complexity index is 1190. The first-order valence-electron chi connectivity index (χ1n) is 9.73. The largest absolute Gasteiger partial charge is 0.507 e. The van der Waals surface area contributed by atoms with Crippen LogP contribution in [0, 0.1) is 0 Å². The third kappa shape index (κ3) is 3.97. The maximum atomic E-state index is 13.1. The predicted molar refractivity (Wildman–Crippen MR) is 123 cm³/mol. The summed E-state index contributed by atoms with van der Waals surface area (Å²) in [5, 5.41) is 13.3. The van der Waals surface area contributed by atoms with Crippen LogP contribution in [-0.2, 0) is 16.1 Å². The van der Waals surface area contributed by atoms with E-state index < -0.39 is 17.7 Å². The molecule has 32 heavy (non-hydrogen) atoms. The van der Waals surface area contributed by atoms with Gasteiger partial charge in [0, 0.05) is 10.4 Å². The van der Waals surface area contributed by atoms with Gasteiger partial charge in [0.05, 0.1) is 37.4 Å². The van der Waals surface area contributed by atoms with Crippen molar-refractivity contribution in [2.75, 3.05) is 14.2 Å². The summed E-state index contributed by atoms with van der Waals surface area (Å²) in [6.45, 7) is 0.249. The molecule has 0 bridgehead atoms. The van der Waals surface area contributed by atoms with Gasteiger partial charge in [-0.25, -0.2) is 0 Å². The Hall–Kier alpha value is -3.29. The van der Waals surface area contributed by atoms with Crippen molar-refractivity contribution in [3.8, 4) is 11.5 Å². The van der Waals surface area contributed by atoms with Crippen LogP contribution in [0.4, 0.5) is 0 Å². The number of rotatable bonds is 6. The van der Waals surface area contributed by atoms with Crippen LogP contribution < -0.4 is 9.47 Å². The van der Waals surface area contributed by atoms with Crippen LogP contribution in [-0.4, -0.2) is 35.9 Å². The molecule has 0 aliphatic carbocycles. The molecule has 164 valence electrons. The van der Waals surface area contributed by atoms with Crippen LogP contribution in [0.1, 0.15) is 22.0 Å². The minimum Gasteiger partial charge on any atom is -0.507 e. The first-order valence-corrected chi connectivity index (χ1v) is 11.0. The van der Waals surface area contributed by atoms with Crippen LogP contribution in [0.25, 0.3) is 5.76 Å². The number of halogens is 1. The summed E-state index contributed by atoms with van der Waals surface area (Å²) in [6, 6.07) is 14.8. The van der Waals surface area contributed by atoms with E-state index in [1.165, 1.54) is 29.4 Å². The average molecular weight is 470 g/mol. The molecule has 4 rings (SSSR count). The standard InChI is InChI=1S/C24H20ClNO5S/c1-30-16-8-5-14(6-9-16)21-20(22(27)15-7-10-19(31-2)18(25)12-15)23(28)24(29)26(21)13-17-4-3-11-32-17/h3-12,21,27H,13H2,1-2H3/b22-20-. The Labute approximate surface area is 194 Å². The Morgan fingerprint density at radius 2 is 1.84 bits per heavy atom. The number of amides is 1. The fraction of sp³-hybridized carbons (Fsp3) is 0.167.